The van der Waals surface area contributed by atoms with Crippen LogP contribution in [0.2, 0.25) is 0 Å². The Bertz CT molecular complexity index is 432. The molecule has 4 heteroatoms. The maximum Gasteiger partial charge on any atom is 0.343 e. The number of esters is 1. The SMILES string of the molecule is CCCCC(C)(F)C(=O)OCC12CC3CC(CC(O)(C3)C1)C2. The Kier molecular flexibility index (Phi) is 4.03. The summed E-state index contributed by atoms with van der Waals surface area (Å²) in [4.78, 5) is 12.1. The summed E-state index contributed by atoms with van der Waals surface area (Å²) >= 11 is 0. The topological polar surface area (TPSA) is 46.5 Å². The van der Waals surface area contributed by atoms with Crippen molar-refractivity contribution in [3.8, 4) is 0 Å². The van der Waals surface area contributed by atoms with Crippen LogP contribution in [0.15, 0.2) is 0 Å². The van der Waals surface area contributed by atoms with Gasteiger partial charge in [0.05, 0.1) is 12.2 Å². The van der Waals surface area contributed by atoms with Crippen molar-refractivity contribution in [1.29, 1.82) is 0 Å². The molecule has 0 heterocycles. The molecular formula is C18H29FO3. The molecule has 22 heavy (non-hydrogen) atoms. The molecule has 0 amide bonds. The van der Waals surface area contributed by atoms with Crippen molar-refractivity contribution >= 4 is 5.97 Å². The Morgan fingerprint density at radius 2 is 1.95 bits per heavy atom. The molecule has 0 aromatic carbocycles. The van der Waals surface area contributed by atoms with Gasteiger partial charge >= 0.3 is 5.97 Å². The number of hydrogen-bond acceptors (Lipinski definition) is 3. The van der Waals surface area contributed by atoms with E-state index in [0.29, 0.717) is 18.3 Å². The Morgan fingerprint density at radius 1 is 1.32 bits per heavy atom. The molecule has 4 aliphatic carbocycles. The van der Waals surface area contributed by atoms with Crippen LogP contribution >= 0.6 is 0 Å². The molecule has 1 N–H and O–H groups in total. The van der Waals surface area contributed by atoms with E-state index in [1.165, 1.54) is 13.3 Å². The lowest BCUT2D eigenvalue weighted by atomic mass is 9.48. The first-order valence-electron chi connectivity index (χ1n) is 8.84. The predicted octanol–water partition coefficient (Wildman–Crippen LogP) is 3.78. The summed E-state index contributed by atoms with van der Waals surface area (Å²) in [6.45, 7) is 3.60. The minimum atomic E-state index is -1.88. The minimum absolute atomic E-state index is 0.102. The van der Waals surface area contributed by atoms with Gasteiger partial charge in [-0.25, -0.2) is 9.18 Å². The van der Waals surface area contributed by atoms with Crippen molar-refractivity contribution in [2.75, 3.05) is 6.61 Å². The minimum Gasteiger partial charge on any atom is -0.463 e. The highest BCUT2D eigenvalue weighted by atomic mass is 19.1. The molecule has 4 fully saturated rings. The molecule has 126 valence electrons. The van der Waals surface area contributed by atoms with Gasteiger partial charge in [-0.3, -0.25) is 0 Å². The van der Waals surface area contributed by atoms with Gasteiger partial charge < -0.3 is 9.84 Å². The Hall–Kier alpha value is -0.640. The number of carbonyl (C=O) groups excluding carboxylic acids is 1. The zero-order valence-corrected chi connectivity index (χ0v) is 13.9. The van der Waals surface area contributed by atoms with E-state index >= 15 is 0 Å². The van der Waals surface area contributed by atoms with Crippen LogP contribution in [0.1, 0.15) is 71.6 Å². The highest BCUT2D eigenvalue weighted by molar-refractivity contribution is 5.78. The maximum atomic E-state index is 14.4. The van der Waals surface area contributed by atoms with Gasteiger partial charge in [-0.15, -0.1) is 0 Å². The summed E-state index contributed by atoms with van der Waals surface area (Å²) in [7, 11) is 0. The van der Waals surface area contributed by atoms with E-state index in [4.69, 9.17) is 4.74 Å². The van der Waals surface area contributed by atoms with Crippen molar-refractivity contribution in [3.05, 3.63) is 0 Å². The molecule has 0 aromatic heterocycles. The lowest BCUT2D eigenvalue weighted by Crippen LogP contribution is -2.57. The van der Waals surface area contributed by atoms with Gasteiger partial charge in [-0.05, 0) is 70.1 Å². The smallest absolute Gasteiger partial charge is 0.343 e. The van der Waals surface area contributed by atoms with E-state index in [9.17, 15) is 14.3 Å². The van der Waals surface area contributed by atoms with Crippen LogP contribution < -0.4 is 0 Å². The van der Waals surface area contributed by atoms with Crippen LogP contribution in [-0.4, -0.2) is 29.0 Å². The molecule has 3 unspecified atom stereocenters. The van der Waals surface area contributed by atoms with Gasteiger partial charge in [0.1, 0.15) is 0 Å². The first-order chi connectivity index (χ1) is 10.3. The van der Waals surface area contributed by atoms with Crippen LogP contribution in [0.25, 0.3) is 0 Å². The summed E-state index contributed by atoms with van der Waals surface area (Å²) < 4.78 is 19.8. The second-order valence-electron chi connectivity index (χ2n) is 8.56. The van der Waals surface area contributed by atoms with E-state index in [0.717, 1.165) is 38.5 Å². The summed E-state index contributed by atoms with van der Waals surface area (Å²) in [6, 6.07) is 0. The average molecular weight is 312 g/mol. The number of halogens is 1. The highest BCUT2D eigenvalue weighted by Gasteiger charge is 2.57. The summed E-state index contributed by atoms with van der Waals surface area (Å²) in [5, 5.41) is 10.7. The van der Waals surface area contributed by atoms with E-state index in [1.54, 1.807) is 0 Å². The van der Waals surface area contributed by atoms with Gasteiger partial charge in [0.25, 0.3) is 0 Å². The van der Waals surface area contributed by atoms with E-state index < -0.39 is 17.2 Å². The van der Waals surface area contributed by atoms with Crippen LogP contribution in [-0.2, 0) is 9.53 Å². The second kappa shape index (κ2) is 5.47. The van der Waals surface area contributed by atoms with E-state index in [2.05, 4.69) is 0 Å². The fourth-order valence-corrected chi connectivity index (χ4v) is 5.55. The third-order valence-corrected chi connectivity index (χ3v) is 6.09. The molecule has 3 nitrogen and oxygen atoms in total. The molecule has 0 radical (unpaired) electrons. The molecule has 4 aliphatic rings. The molecule has 0 aliphatic heterocycles. The van der Waals surface area contributed by atoms with Crippen molar-refractivity contribution in [2.45, 2.75) is 82.9 Å². The van der Waals surface area contributed by atoms with Gasteiger partial charge in [0.2, 0.25) is 5.67 Å². The molecule has 4 bridgehead atoms. The molecule has 0 spiro atoms. The van der Waals surface area contributed by atoms with Gasteiger partial charge in [-0.2, -0.15) is 0 Å². The molecule has 0 saturated heterocycles. The van der Waals surface area contributed by atoms with Crippen molar-refractivity contribution in [1.82, 2.24) is 0 Å². The Labute approximate surface area is 132 Å². The van der Waals surface area contributed by atoms with E-state index in [-0.39, 0.29) is 18.4 Å². The highest BCUT2D eigenvalue weighted by Crippen LogP contribution is 2.61. The largest absolute Gasteiger partial charge is 0.463 e. The first kappa shape index (κ1) is 16.2. The van der Waals surface area contributed by atoms with Crippen LogP contribution in [0.4, 0.5) is 4.39 Å². The van der Waals surface area contributed by atoms with Crippen molar-refractivity contribution in [3.63, 3.8) is 0 Å². The number of hydrogen-bond donors (Lipinski definition) is 1. The van der Waals surface area contributed by atoms with Crippen LogP contribution in [0.3, 0.4) is 0 Å². The van der Waals surface area contributed by atoms with Gasteiger partial charge in [0.15, 0.2) is 0 Å². The number of alkyl halides is 1. The zero-order valence-electron chi connectivity index (χ0n) is 13.9. The fraction of sp³-hybridized carbons (Fsp3) is 0.944. The lowest BCUT2D eigenvalue weighted by molar-refractivity contribution is -0.191. The van der Waals surface area contributed by atoms with Crippen LogP contribution in [0, 0.1) is 17.3 Å². The van der Waals surface area contributed by atoms with Crippen LogP contribution in [0.5, 0.6) is 0 Å². The summed E-state index contributed by atoms with van der Waals surface area (Å²) in [5.74, 6) is 0.396. The standard InChI is InChI=1S/C18H29FO3/c1-3-4-5-16(2,19)15(20)22-12-17-7-13-6-14(8-17)10-18(21,9-13)11-17/h13-14,21H,3-12H2,1-2H3. The predicted molar refractivity (Wildman–Crippen MR) is 82.1 cm³/mol. The average Bonchev–Trinajstić information content (AvgIpc) is 2.40. The van der Waals surface area contributed by atoms with Crippen molar-refractivity contribution in [2.24, 2.45) is 17.3 Å². The quantitative estimate of drug-likeness (QED) is 0.759. The Morgan fingerprint density at radius 3 is 2.50 bits per heavy atom. The number of aliphatic hydroxyl groups is 1. The number of ether oxygens (including phenoxy) is 1. The monoisotopic (exact) mass is 312 g/mol. The molecular weight excluding hydrogens is 283 g/mol. The van der Waals surface area contributed by atoms with Gasteiger partial charge in [0, 0.05) is 5.41 Å². The number of rotatable bonds is 6. The summed E-state index contributed by atoms with van der Waals surface area (Å²) in [6.07, 6.45) is 7.56. The number of unbranched alkanes of at least 4 members (excludes halogenated alkanes) is 1. The number of carbonyl (C=O) groups is 1. The molecule has 3 atom stereocenters. The lowest BCUT2D eigenvalue weighted by Gasteiger charge is -2.59. The maximum absolute atomic E-state index is 14.4. The summed E-state index contributed by atoms with van der Waals surface area (Å²) in [5.41, 5.74) is -2.54. The van der Waals surface area contributed by atoms with Gasteiger partial charge in [-0.1, -0.05) is 13.3 Å². The van der Waals surface area contributed by atoms with E-state index in [1.807, 2.05) is 6.92 Å². The fourth-order valence-electron chi connectivity index (χ4n) is 5.55. The molecule has 4 rings (SSSR count). The Balaban J connectivity index is 1.60. The first-order valence-corrected chi connectivity index (χ1v) is 8.84. The normalized spacial score (nSPS) is 42.2. The third-order valence-electron chi connectivity index (χ3n) is 6.09. The second-order valence-corrected chi connectivity index (χ2v) is 8.56. The molecule has 4 saturated carbocycles. The van der Waals surface area contributed by atoms with Crippen molar-refractivity contribution < 1.29 is 19.0 Å². The third kappa shape index (κ3) is 3.04. The zero-order chi connectivity index (χ0) is 16.0. The molecule has 0 aromatic rings.